The molecule has 9 nitrogen and oxygen atoms in total. The standard InChI is InChI=1S/C15H24N6O3S3/c1-9(2)5-11(6-22)17-13-18-14(21-27(4,23)24)20-15(19-13)26-8-12-7-25-10(3)16-12/h7,9,11,22H,5-6,8H2,1-4H3,(H2,17,18,19,20,21)/t11-/m1/s1. The Morgan fingerprint density at radius 3 is 2.48 bits per heavy atom. The first-order valence-corrected chi connectivity index (χ1v) is 12.1. The summed E-state index contributed by atoms with van der Waals surface area (Å²) in [5.74, 6) is 1.08. The molecule has 2 aromatic heterocycles. The van der Waals surface area contributed by atoms with Crippen molar-refractivity contribution in [3.63, 3.8) is 0 Å². The van der Waals surface area contributed by atoms with Crippen molar-refractivity contribution in [2.24, 2.45) is 5.92 Å². The van der Waals surface area contributed by atoms with Gasteiger partial charge in [-0.25, -0.2) is 13.4 Å². The zero-order valence-corrected chi connectivity index (χ0v) is 18.1. The topological polar surface area (TPSA) is 130 Å². The summed E-state index contributed by atoms with van der Waals surface area (Å²) in [6.07, 6.45) is 1.75. The molecule has 0 aromatic carbocycles. The number of aryl methyl sites for hydroxylation is 1. The predicted molar refractivity (Wildman–Crippen MR) is 109 cm³/mol. The van der Waals surface area contributed by atoms with E-state index < -0.39 is 10.0 Å². The van der Waals surface area contributed by atoms with Crippen molar-refractivity contribution in [3.05, 3.63) is 16.1 Å². The molecule has 0 aliphatic heterocycles. The molecule has 2 heterocycles. The number of aliphatic hydroxyl groups is 1. The lowest BCUT2D eigenvalue weighted by Crippen LogP contribution is -2.27. The molecule has 0 spiro atoms. The normalized spacial score (nSPS) is 13.0. The van der Waals surface area contributed by atoms with Gasteiger partial charge >= 0.3 is 0 Å². The van der Waals surface area contributed by atoms with Gasteiger partial charge in [0.1, 0.15) is 0 Å². The summed E-state index contributed by atoms with van der Waals surface area (Å²) in [5.41, 5.74) is 0.906. The summed E-state index contributed by atoms with van der Waals surface area (Å²) in [6.45, 7) is 5.94. The smallest absolute Gasteiger partial charge is 0.242 e. The van der Waals surface area contributed by atoms with Crippen molar-refractivity contribution in [1.82, 2.24) is 19.9 Å². The number of sulfonamides is 1. The lowest BCUT2D eigenvalue weighted by molar-refractivity contribution is 0.259. The van der Waals surface area contributed by atoms with E-state index in [4.69, 9.17) is 0 Å². The molecule has 2 aromatic rings. The number of nitrogens with one attached hydrogen (secondary N) is 2. The highest BCUT2D eigenvalue weighted by molar-refractivity contribution is 7.98. The minimum atomic E-state index is -3.53. The molecule has 0 unspecified atom stereocenters. The summed E-state index contributed by atoms with van der Waals surface area (Å²) in [7, 11) is -3.53. The fourth-order valence-corrected chi connectivity index (χ4v) is 4.11. The molecule has 0 amide bonds. The highest BCUT2D eigenvalue weighted by Gasteiger charge is 2.15. The Hall–Kier alpha value is -1.50. The van der Waals surface area contributed by atoms with Crippen LogP contribution >= 0.6 is 23.1 Å². The third kappa shape index (κ3) is 7.95. The maximum atomic E-state index is 11.5. The summed E-state index contributed by atoms with van der Waals surface area (Å²) >= 11 is 2.90. The average Bonchev–Trinajstić information content (AvgIpc) is 2.95. The fourth-order valence-electron chi connectivity index (χ4n) is 2.24. The van der Waals surface area contributed by atoms with Crippen molar-refractivity contribution in [3.8, 4) is 0 Å². The van der Waals surface area contributed by atoms with E-state index in [0.29, 0.717) is 16.8 Å². The number of hydrogen-bond acceptors (Lipinski definition) is 10. The van der Waals surface area contributed by atoms with E-state index in [-0.39, 0.29) is 24.5 Å². The largest absolute Gasteiger partial charge is 0.394 e. The zero-order chi connectivity index (χ0) is 20.0. The van der Waals surface area contributed by atoms with Crippen LogP contribution in [0.3, 0.4) is 0 Å². The van der Waals surface area contributed by atoms with Crippen molar-refractivity contribution in [1.29, 1.82) is 0 Å². The van der Waals surface area contributed by atoms with Gasteiger partial charge in [-0.2, -0.15) is 15.0 Å². The van der Waals surface area contributed by atoms with Gasteiger partial charge in [-0.05, 0) is 19.3 Å². The number of rotatable bonds is 10. The second-order valence-electron chi connectivity index (χ2n) is 6.44. The molecular formula is C15H24N6O3S3. The molecule has 0 aliphatic carbocycles. The molecular weight excluding hydrogens is 408 g/mol. The molecule has 150 valence electrons. The molecule has 0 aliphatic rings. The quantitative estimate of drug-likeness (QED) is 0.483. The van der Waals surface area contributed by atoms with Gasteiger partial charge in [-0.3, -0.25) is 4.72 Å². The van der Waals surface area contributed by atoms with Gasteiger partial charge < -0.3 is 10.4 Å². The second kappa shape index (κ2) is 9.62. The molecule has 0 radical (unpaired) electrons. The molecule has 0 saturated heterocycles. The van der Waals surface area contributed by atoms with E-state index >= 15 is 0 Å². The van der Waals surface area contributed by atoms with Gasteiger partial charge in [0.2, 0.25) is 21.9 Å². The summed E-state index contributed by atoms with van der Waals surface area (Å²) in [5, 5.41) is 15.9. The van der Waals surface area contributed by atoms with Crippen LogP contribution in [-0.2, 0) is 15.8 Å². The van der Waals surface area contributed by atoms with Crippen LogP contribution < -0.4 is 10.0 Å². The average molecular weight is 433 g/mol. The number of nitrogens with zero attached hydrogens (tertiary/aromatic N) is 4. The van der Waals surface area contributed by atoms with E-state index in [1.807, 2.05) is 26.2 Å². The maximum Gasteiger partial charge on any atom is 0.242 e. The van der Waals surface area contributed by atoms with E-state index in [1.165, 1.54) is 11.8 Å². The summed E-state index contributed by atoms with van der Waals surface area (Å²) < 4.78 is 25.4. The third-order valence-electron chi connectivity index (χ3n) is 3.22. The van der Waals surface area contributed by atoms with Gasteiger partial charge in [0, 0.05) is 11.1 Å². The maximum absolute atomic E-state index is 11.5. The third-order valence-corrected chi connectivity index (χ3v) is 5.47. The van der Waals surface area contributed by atoms with Crippen LogP contribution in [0.15, 0.2) is 10.5 Å². The highest BCUT2D eigenvalue weighted by Crippen LogP contribution is 2.23. The van der Waals surface area contributed by atoms with Crippen LogP contribution in [0.25, 0.3) is 0 Å². The van der Waals surface area contributed by atoms with Gasteiger partial charge in [-0.1, -0.05) is 25.6 Å². The van der Waals surface area contributed by atoms with E-state index in [1.54, 1.807) is 11.3 Å². The molecule has 0 fully saturated rings. The number of hydrogen-bond donors (Lipinski definition) is 3. The van der Waals surface area contributed by atoms with Gasteiger partial charge in [0.05, 0.1) is 29.6 Å². The monoisotopic (exact) mass is 432 g/mol. The number of aromatic nitrogens is 4. The Balaban J connectivity index is 2.21. The lowest BCUT2D eigenvalue weighted by Gasteiger charge is -2.18. The minimum Gasteiger partial charge on any atom is -0.394 e. The van der Waals surface area contributed by atoms with E-state index in [2.05, 4.69) is 30.0 Å². The summed E-state index contributed by atoms with van der Waals surface area (Å²) in [4.78, 5) is 17.0. The van der Waals surface area contributed by atoms with Crippen LogP contribution in [0.4, 0.5) is 11.9 Å². The van der Waals surface area contributed by atoms with Crippen LogP contribution in [0.5, 0.6) is 0 Å². The Bertz CT molecular complexity index is 856. The van der Waals surface area contributed by atoms with Crippen molar-refractivity contribution < 1.29 is 13.5 Å². The Morgan fingerprint density at radius 2 is 1.93 bits per heavy atom. The molecule has 3 N–H and O–H groups in total. The van der Waals surface area contributed by atoms with Crippen LogP contribution in [-0.4, -0.2) is 52.4 Å². The Morgan fingerprint density at radius 1 is 1.22 bits per heavy atom. The van der Waals surface area contributed by atoms with Gasteiger partial charge in [0.25, 0.3) is 0 Å². The van der Waals surface area contributed by atoms with Gasteiger partial charge in [-0.15, -0.1) is 11.3 Å². The molecule has 12 heteroatoms. The number of aliphatic hydroxyl groups excluding tert-OH is 1. The Kier molecular flexibility index (Phi) is 7.77. The van der Waals surface area contributed by atoms with Crippen molar-refractivity contribution >= 4 is 45.0 Å². The Labute approximate surface area is 167 Å². The lowest BCUT2D eigenvalue weighted by atomic mass is 10.0. The first-order valence-electron chi connectivity index (χ1n) is 8.29. The summed E-state index contributed by atoms with van der Waals surface area (Å²) in [6, 6.07) is -0.238. The number of thioether (sulfide) groups is 1. The molecule has 0 saturated carbocycles. The second-order valence-corrected chi connectivity index (χ2v) is 10.2. The molecule has 27 heavy (non-hydrogen) atoms. The number of thiazole rings is 1. The molecule has 0 bridgehead atoms. The highest BCUT2D eigenvalue weighted by atomic mass is 32.2. The van der Waals surface area contributed by atoms with Crippen LogP contribution in [0, 0.1) is 12.8 Å². The van der Waals surface area contributed by atoms with Crippen LogP contribution in [0.1, 0.15) is 31.0 Å². The van der Waals surface area contributed by atoms with Crippen molar-refractivity contribution in [2.45, 2.75) is 44.1 Å². The van der Waals surface area contributed by atoms with Gasteiger partial charge in [0.15, 0.2) is 5.16 Å². The van der Waals surface area contributed by atoms with Crippen molar-refractivity contribution in [2.75, 3.05) is 22.9 Å². The first-order chi connectivity index (χ1) is 12.6. The van der Waals surface area contributed by atoms with E-state index in [0.717, 1.165) is 23.4 Å². The van der Waals surface area contributed by atoms with Crippen LogP contribution in [0.2, 0.25) is 0 Å². The number of anilines is 2. The SMILES string of the molecule is Cc1nc(CSc2nc(N[C@@H](CO)CC(C)C)nc(NS(C)(=O)=O)n2)cs1. The molecule has 2 rings (SSSR count). The first kappa shape index (κ1) is 21.8. The fraction of sp³-hybridized carbons (Fsp3) is 0.600. The minimum absolute atomic E-state index is 0.0619. The van der Waals surface area contributed by atoms with E-state index in [9.17, 15) is 13.5 Å². The predicted octanol–water partition coefficient (Wildman–Crippen LogP) is 2.12. The zero-order valence-electron chi connectivity index (χ0n) is 15.6. The molecule has 1 atom stereocenters.